The van der Waals surface area contributed by atoms with Crippen LogP contribution in [0.15, 0.2) is 24.3 Å². The Bertz CT molecular complexity index is 366. The zero-order valence-corrected chi connectivity index (χ0v) is 10.6. The summed E-state index contributed by atoms with van der Waals surface area (Å²) >= 11 is 0. The molecule has 0 aliphatic carbocycles. The monoisotopic (exact) mass is 250 g/mol. The molecule has 0 saturated heterocycles. The summed E-state index contributed by atoms with van der Waals surface area (Å²) in [6, 6.07) is 6.31. The Hall–Kier alpha value is -1.58. The number of non-ortho nitro benzene ring substituents is 1. The molecule has 0 amide bonds. The lowest BCUT2D eigenvalue weighted by Crippen LogP contribution is -1.98. The van der Waals surface area contributed by atoms with E-state index < -0.39 is 4.92 Å². The third-order valence-electron chi connectivity index (χ3n) is 2.69. The van der Waals surface area contributed by atoms with Crippen LogP contribution in [0.4, 0.5) is 5.69 Å². The standard InChI is InChI=1S/C14H20NO3/c1-2-3-4-5-6-7-11-18-14-10-8-9-13(12-14)15(16)17/h8-10,12H,1-7,11H2. The minimum Gasteiger partial charge on any atom is -0.493 e. The fourth-order valence-corrected chi connectivity index (χ4v) is 1.69. The first-order valence-corrected chi connectivity index (χ1v) is 6.40. The van der Waals surface area contributed by atoms with Gasteiger partial charge in [0.15, 0.2) is 0 Å². The number of unbranched alkanes of at least 4 members (excludes halogenated alkanes) is 5. The summed E-state index contributed by atoms with van der Waals surface area (Å²) < 4.78 is 5.49. The van der Waals surface area contributed by atoms with Crippen LogP contribution in [0, 0.1) is 17.0 Å². The first-order chi connectivity index (χ1) is 8.74. The van der Waals surface area contributed by atoms with E-state index in [1.54, 1.807) is 12.1 Å². The highest BCUT2D eigenvalue weighted by atomic mass is 16.6. The van der Waals surface area contributed by atoms with Crippen LogP contribution >= 0.6 is 0 Å². The molecule has 0 aliphatic heterocycles. The normalized spacial score (nSPS) is 10.3. The second kappa shape index (κ2) is 8.50. The van der Waals surface area contributed by atoms with Crippen molar-refractivity contribution >= 4 is 5.69 Å². The number of nitro benzene ring substituents is 1. The molecule has 4 nitrogen and oxygen atoms in total. The van der Waals surface area contributed by atoms with Gasteiger partial charge in [0.2, 0.25) is 0 Å². The molecule has 0 aromatic heterocycles. The van der Waals surface area contributed by atoms with Gasteiger partial charge >= 0.3 is 0 Å². The molecule has 1 aromatic rings. The van der Waals surface area contributed by atoms with Gasteiger partial charge in [0.05, 0.1) is 17.6 Å². The van der Waals surface area contributed by atoms with Gasteiger partial charge in [-0.05, 0) is 12.5 Å². The van der Waals surface area contributed by atoms with E-state index in [0.717, 1.165) is 19.3 Å². The molecule has 0 heterocycles. The largest absolute Gasteiger partial charge is 0.493 e. The Balaban J connectivity index is 2.19. The number of hydrogen-bond donors (Lipinski definition) is 0. The summed E-state index contributed by atoms with van der Waals surface area (Å²) in [6.07, 6.45) is 6.73. The van der Waals surface area contributed by atoms with Crippen molar-refractivity contribution in [2.45, 2.75) is 38.5 Å². The van der Waals surface area contributed by atoms with E-state index in [1.807, 2.05) is 0 Å². The molecule has 1 aromatic carbocycles. The van der Waals surface area contributed by atoms with Gasteiger partial charge in [0.25, 0.3) is 5.69 Å². The van der Waals surface area contributed by atoms with Crippen molar-refractivity contribution in [2.24, 2.45) is 0 Å². The van der Waals surface area contributed by atoms with Gasteiger partial charge in [-0.15, -0.1) is 0 Å². The van der Waals surface area contributed by atoms with Crippen molar-refractivity contribution in [3.63, 3.8) is 0 Å². The number of rotatable bonds is 9. The molecular weight excluding hydrogens is 230 g/mol. The van der Waals surface area contributed by atoms with Gasteiger partial charge in [-0.3, -0.25) is 10.1 Å². The topological polar surface area (TPSA) is 52.4 Å². The molecular formula is C14H20NO3. The highest BCUT2D eigenvalue weighted by molar-refractivity contribution is 5.37. The number of benzene rings is 1. The van der Waals surface area contributed by atoms with E-state index in [9.17, 15) is 10.1 Å². The number of nitrogens with zero attached hydrogens (tertiary/aromatic N) is 1. The summed E-state index contributed by atoms with van der Waals surface area (Å²) in [4.78, 5) is 10.2. The van der Waals surface area contributed by atoms with Gasteiger partial charge in [-0.2, -0.15) is 0 Å². The maximum absolute atomic E-state index is 10.6. The molecule has 0 bridgehead atoms. The average Bonchev–Trinajstić information content (AvgIpc) is 2.38. The fraction of sp³-hybridized carbons (Fsp3) is 0.500. The van der Waals surface area contributed by atoms with Gasteiger partial charge in [0.1, 0.15) is 5.75 Å². The molecule has 0 N–H and O–H groups in total. The van der Waals surface area contributed by atoms with Crippen molar-refractivity contribution in [2.75, 3.05) is 6.61 Å². The molecule has 0 unspecified atom stereocenters. The summed E-state index contributed by atoms with van der Waals surface area (Å²) in [5.41, 5.74) is 0.0722. The van der Waals surface area contributed by atoms with E-state index in [-0.39, 0.29) is 5.69 Å². The van der Waals surface area contributed by atoms with E-state index in [2.05, 4.69) is 6.92 Å². The molecule has 1 rings (SSSR count). The SMILES string of the molecule is [CH2]CCCCCCCOc1cccc([N+](=O)[O-])c1. The molecule has 99 valence electrons. The smallest absolute Gasteiger partial charge is 0.273 e. The summed E-state index contributed by atoms with van der Waals surface area (Å²) in [7, 11) is 0. The van der Waals surface area contributed by atoms with Crippen LogP contribution in [0.3, 0.4) is 0 Å². The lowest BCUT2D eigenvalue weighted by molar-refractivity contribution is -0.384. The van der Waals surface area contributed by atoms with Crippen molar-refractivity contribution < 1.29 is 9.66 Å². The van der Waals surface area contributed by atoms with Crippen molar-refractivity contribution in [1.82, 2.24) is 0 Å². The number of nitro groups is 1. The van der Waals surface area contributed by atoms with Gasteiger partial charge < -0.3 is 4.74 Å². The molecule has 0 fully saturated rings. The second-order valence-corrected chi connectivity index (χ2v) is 4.22. The van der Waals surface area contributed by atoms with E-state index >= 15 is 0 Å². The fourth-order valence-electron chi connectivity index (χ4n) is 1.69. The van der Waals surface area contributed by atoms with Crippen LogP contribution in [0.1, 0.15) is 38.5 Å². The summed E-state index contributed by atoms with van der Waals surface area (Å²) in [5, 5.41) is 10.6. The van der Waals surface area contributed by atoms with E-state index in [1.165, 1.54) is 31.4 Å². The molecule has 0 aliphatic rings. The van der Waals surface area contributed by atoms with E-state index in [0.29, 0.717) is 12.4 Å². The van der Waals surface area contributed by atoms with Crippen LogP contribution in [-0.2, 0) is 0 Å². The number of ether oxygens (including phenoxy) is 1. The Morgan fingerprint density at radius 1 is 1.17 bits per heavy atom. The molecule has 0 spiro atoms. The van der Waals surface area contributed by atoms with Gasteiger partial charge in [-0.1, -0.05) is 45.1 Å². The second-order valence-electron chi connectivity index (χ2n) is 4.22. The first kappa shape index (κ1) is 14.5. The Morgan fingerprint density at radius 2 is 1.89 bits per heavy atom. The third kappa shape index (κ3) is 5.66. The first-order valence-electron chi connectivity index (χ1n) is 6.40. The summed E-state index contributed by atoms with van der Waals surface area (Å²) in [5.74, 6) is 0.571. The van der Waals surface area contributed by atoms with Crippen LogP contribution < -0.4 is 4.74 Å². The van der Waals surface area contributed by atoms with Crippen LogP contribution in [0.5, 0.6) is 5.75 Å². The zero-order chi connectivity index (χ0) is 13.2. The van der Waals surface area contributed by atoms with Crippen LogP contribution in [0.25, 0.3) is 0 Å². The molecule has 4 heteroatoms. The maximum Gasteiger partial charge on any atom is 0.273 e. The minimum absolute atomic E-state index is 0.0722. The van der Waals surface area contributed by atoms with Crippen molar-refractivity contribution in [3.8, 4) is 5.75 Å². The predicted molar refractivity (Wildman–Crippen MR) is 71.7 cm³/mol. The predicted octanol–water partition coefficient (Wildman–Crippen LogP) is 4.15. The zero-order valence-electron chi connectivity index (χ0n) is 10.6. The Morgan fingerprint density at radius 3 is 2.61 bits per heavy atom. The summed E-state index contributed by atoms with van der Waals surface area (Å²) in [6.45, 7) is 4.42. The number of hydrogen-bond acceptors (Lipinski definition) is 3. The minimum atomic E-state index is -0.411. The van der Waals surface area contributed by atoms with Crippen molar-refractivity contribution in [1.29, 1.82) is 0 Å². The van der Waals surface area contributed by atoms with Crippen molar-refractivity contribution in [3.05, 3.63) is 41.3 Å². The van der Waals surface area contributed by atoms with Gasteiger partial charge in [0, 0.05) is 6.07 Å². The molecule has 0 atom stereocenters. The highest BCUT2D eigenvalue weighted by Gasteiger charge is 2.05. The Kier molecular flexibility index (Phi) is 6.84. The van der Waals surface area contributed by atoms with Crippen LogP contribution in [-0.4, -0.2) is 11.5 Å². The van der Waals surface area contributed by atoms with E-state index in [4.69, 9.17) is 4.74 Å². The third-order valence-corrected chi connectivity index (χ3v) is 2.69. The van der Waals surface area contributed by atoms with Gasteiger partial charge in [-0.25, -0.2) is 0 Å². The molecule has 18 heavy (non-hydrogen) atoms. The maximum atomic E-state index is 10.6. The lowest BCUT2D eigenvalue weighted by Gasteiger charge is -2.05. The molecule has 1 radical (unpaired) electrons. The Labute approximate surface area is 108 Å². The van der Waals surface area contributed by atoms with Crippen LogP contribution in [0.2, 0.25) is 0 Å². The average molecular weight is 250 g/mol. The highest BCUT2D eigenvalue weighted by Crippen LogP contribution is 2.19. The molecule has 0 saturated carbocycles. The quantitative estimate of drug-likeness (QED) is 0.376. The lowest BCUT2D eigenvalue weighted by atomic mass is 10.1.